The largest absolute Gasteiger partial charge is 0.416 e. The van der Waals surface area contributed by atoms with E-state index in [2.05, 4.69) is 20.0 Å². The van der Waals surface area contributed by atoms with Crippen molar-refractivity contribution in [3.8, 4) is 0 Å². The second-order valence-electron chi connectivity index (χ2n) is 8.83. The zero-order valence-corrected chi connectivity index (χ0v) is 19.9. The van der Waals surface area contributed by atoms with Gasteiger partial charge in [-0.25, -0.2) is 23.1 Å². The molecule has 8 nitrogen and oxygen atoms in total. The zero-order valence-electron chi connectivity index (χ0n) is 19.1. The fourth-order valence-corrected chi connectivity index (χ4v) is 5.51. The number of anilines is 2. The average Bonchev–Trinajstić information content (AvgIpc) is 3.23. The van der Waals surface area contributed by atoms with Gasteiger partial charge in [-0.1, -0.05) is 18.6 Å². The molecule has 1 aliphatic carbocycles. The maximum absolute atomic E-state index is 15.5. The smallest absolute Gasteiger partial charge is 0.377 e. The van der Waals surface area contributed by atoms with E-state index >= 15 is 4.39 Å². The highest BCUT2D eigenvalue weighted by molar-refractivity contribution is 7.88. The molecule has 0 spiro atoms. The summed E-state index contributed by atoms with van der Waals surface area (Å²) in [5, 5.41) is 2.98. The molecule has 1 aliphatic heterocycles. The van der Waals surface area contributed by atoms with Crippen molar-refractivity contribution >= 4 is 21.7 Å². The van der Waals surface area contributed by atoms with Gasteiger partial charge in [0.15, 0.2) is 11.6 Å². The Morgan fingerprint density at radius 2 is 1.91 bits per heavy atom. The number of sulfonamides is 1. The number of ether oxygens (including phenoxy) is 1. The van der Waals surface area contributed by atoms with E-state index in [1.54, 1.807) is 4.90 Å². The van der Waals surface area contributed by atoms with Crippen LogP contribution < -0.4 is 14.9 Å². The number of benzene rings is 1. The molecule has 192 valence electrons. The summed E-state index contributed by atoms with van der Waals surface area (Å²) in [7, 11) is -3.35. The van der Waals surface area contributed by atoms with Crippen molar-refractivity contribution in [3.63, 3.8) is 0 Å². The van der Waals surface area contributed by atoms with Crippen LogP contribution in [0.3, 0.4) is 0 Å². The summed E-state index contributed by atoms with van der Waals surface area (Å²) in [6.07, 6.45) is 0.247. The number of alkyl halides is 3. The molecule has 2 aromatic rings. The predicted octanol–water partition coefficient (Wildman–Crippen LogP) is 3.34. The molecule has 1 aromatic heterocycles. The van der Waals surface area contributed by atoms with Gasteiger partial charge in [-0.3, -0.25) is 0 Å². The van der Waals surface area contributed by atoms with Crippen LogP contribution in [0.2, 0.25) is 0 Å². The summed E-state index contributed by atoms with van der Waals surface area (Å²) < 4.78 is 85.7. The van der Waals surface area contributed by atoms with Gasteiger partial charge < -0.3 is 15.0 Å². The lowest BCUT2D eigenvalue weighted by Crippen LogP contribution is -2.41. The van der Waals surface area contributed by atoms with Crippen LogP contribution in [0, 0.1) is 11.7 Å². The molecule has 1 saturated heterocycles. The number of nitrogens with one attached hydrogen (secondary N) is 2. The topological polar surface area (TPSA) is 96.5 Å². The van der Waals surface area contributed by atoms with Crippen LogP contribution >= 0.6 is 0 Å². The van der Waals surface area contributed by atoms with E-state index in [4.69, 9.17) is 4.74 Å². The average molecular weight is 518 g/mol. The maximum atomic E-state index is 15.5. The first-order valence-corrected chi connectivity index (χ1v) is 13.2. The van der Waals surface area contributed by atoms with E-state index in [-0.39, 0.29) is 30.2 Å². The van der Waals surface area contributed by atoms with Crippen molar-refractivity contribution < 1.29 is 30.7 Å². The molecule has 2 N–H and O–H groups in total. The number of rotatable bonds is 7. The molecule has 35 heavy (non-hydrogen) atoms. The summed E-state index contributed by atoms with van der Waals surface area (Å²) in [4.78, 5) is 9.79. The van der Waals surface area contributed by atoms with Crippen molar-refractivity contribution in [1.29, 1.82) is 0 Å². The third kappa shape index (κ3) is 6.19. The lowest BCUT2D eigenvalue weighted by molar-refractivity contribution is -0.137. The van der Waals surface area contributed by atoms with Crippen LogP contribution in [-0.4, -0.2) is 57.0 Å². The highest BCUT2D eigenvalue weighted by atomic mass is 32.2. The minimum atomic E-state index is -4.45. The number of halogens is 4. The second kappa shape index (κ2) is 10.2. The van der Waals surface area contributed by atoms with E-state index in [9.17, 15) is 21.6 Å². The number of nitrogens with zero attached hydrogens (tertiary/aromatic N) is 3. The molecule has 3 atom stereocenters. The first-order valence-electron chi connectivity index (χ1n) is 11.3. The Morgan fingerprint density at radius 3 is 2.60 bits per heavy atom. The molecular weight excluding hydrogens is 490 g/mol. The molecule has 1 saturated carbocycles. The quantitative estimate of drug-likeness (QED) is 0.544. The number of hydrogen-bond acceptors (Lipinski definition) is 7. The highest BCUT2D eigenvalue weighted by Crippen LogP contribution is 2.35. The first kappa shape index (κ1) is 25.6. The van der Waals surface area contributed by atoms with E-state index in [1.165, 1.54) is 18.5 Å². The molecule has 3 unspecified atom stereocenters. The molecule has 4 rings (SSSR count). The van der Waals surface area contributed by atoms with Crippen molar-refractivity contribution in [2.45, 2.75) is 37.5 Å². The zero-order chi connectivity index (χ0) is 25.2. The predicted molar refractivity (Wildman–Crippen MR) is 122 cm³/mol. The minimum Gasteiger partial charge on any atom is -0.377 e. The van der Waals surface area contributed by atoms with Crippen LogP contribution in [0.1, 0.15) is 36.4 Å². The van der Waals surface area contributed by atoms with Crippen LogP contribution in [0.25, 0.3) is 0 Å². The van der Waals surface area contributed by atoms with Crippen LogP contribution in [-0.2, 0) is 20.9 Å². The third-order valence-corrected chi connectivity index (χ3v) is 7.08. The Morgan fingerprint density at radius 1 is 1.17 bits per heavy atom. The molecule has 1 aromatic carbocycles. The third-order valence-electron chi connectivity index (χ3n) is 6.35. The Bertz CT molecular complexity index is 1130. The number of aromatic nitrogens is 2. The minimum absolute atomic E-state index is 0.0160. The Balaban J connectivity index is 1.51. The summed E-state index contributed by atoms with van der Waals surface area (Å²) in [5.74, 6) is -0.701. The van der Waals surface area contributed by atoms with Crippen molar-refractivity contribution in [3.05, 3.63) is 47.5 Å². The fraction of sp³-hybridized carbons (Fsp3) is 0.545. The van der Waals surface area contributed by atoms with Gasteiger partial charge in [0.1, 0.15) is 6.33 Å². The van der Waals surface area contributed by atoms with E-state index in [1.807, 2.05) is 0 Å². The van der Waals surface area contributed by atoms with Gasteiger partial charge in [0, 0.05) is 19.1 Å². The van der Waals surface area contributed by atoms with Crippen molar-refractivity contribution in [2.24, 2.45) is 5.92 Å². The first-order chi connectivity index (χ1) is 16.5. The van der Waals surface area contributed by atoms with Crippen LogP contribution in [0.15, 0.2) is 30.6 Å². The van der Waals surface area contributed by atoms with Gasteiger partial charge in [0.05, 0.1) is 31.1 Å². The highest BCUT2D eigenvalue weighted by Gasteiger charge is 2.33. The Hall–Kier alpha value is -2.51. The molecule has 2 heterocycles. The Labute approximate surface area is 201 Å². The van der Waals surface area contributed by atoms with Gasteiger partial charge in [-0.05, 0) is 36.5 Å². The van der Waals surface area contributed by atoms with Crippen LogP contribution in [0.4, 0.5) is 29.2 Å². The number of morpholine rings is 1. The van der Waals surface area contributed by atoms with E-state index in [0.29, 0.717) is 31.7 Å². The molecular formula is C22H27F4N5O3S. The van der Waals surface area contributed by atoms with E-state index in [0.717, 1.165) is 31.2 Å². The van der Waals surface area contributed by atoms with Gasteiger partial charge >= 0.3 is 6.18 Å². The maximum Gasteiger partial charge on any atom is 0.416 e. The molecule has 2 fully saturated rings. The Kier molecular flexibility index (Phi) is 7.48. The molecule has 0 bridgehead atoms. The second-order valence-corrected chi connectivity index (χ2v) is 10.6. The summed E-state index contributed by atoms with van der Waals surface area (Å²) in [5.41, 5.74) is -0.217. The summed E-state index contributed by atoms with van der Waals surface area (Å²) >= 11 is 0. The van der Waals surface area contributed by atoms with E-state index < -0.39 is 33.6 Å². The van der Waals surface area contributed by atoms with Gasteiger partial charge in [-0.15, -0.1) is 0 Å². The summed E-state index contributed by atoms with van der Waals surface area (Å²) in [6.45, 7) is 1.09. The normalized spacial score (nSPS) is 23.5. The molecule has 0 amide bonds. The standard InChI is InChI=1S/C22H27F4N5O3S/c1-35(32,33)30-17-4-2-3-15(17)11-27-20-19(23)21(29-13-28-20)31-9-10-34-12-18(31)14-5-7-16(8-6-14)22(24,25)26/h5-8,13,15,17-18,30H,2-4,9-12H2,1H3,(H,27,28,29). The lowest BCUT2D eigenvalue weighted by atomic mass is 10.0. The van der Waals surface area contributed by atoms with Crippen LogP contribution in [0.5, 0.6) is 0 Å². The number of hydrogen-bond donors (Lipinski definition) is 2. The monoisotopic (exact) mass is 517 g/mol. The van der Waals surface area contributed by atoms with Crippen molar-refractivity contribution in [1.82, 2.24) is 14.7 Å². The fourth-order valence-electron chi connectivity index (χ4n) is 4.65. The van der Waals surface area contributed by atoms with Gasteiger partial charge in [0.25, 0.3) is 0 Å². The molecule has 2 aliphatic rings. The SMILES string of the molecule is CS(=O)(=O)NC1CCCC1CNc1ncnc(N2CCOCC2c2ccc(C(F)(F)F)cc2)c1F. The lowest BCUT2D eigenvalue weighted by Gasteiger charge is -2.37. The molecule has 13 heteroatoms. The molecule has 0 radical (unpaired) electrons. The van der Waals surface area contributed by atoms with Gasteiger partial charge in [0.2, 0.25) is 15.8 Å². The summed E-state index contributed by atoms with van der Waals surface area (Å²) in [6, 6.07) is 3.96. The van der Waals surface area contributed by atoms with Gasteiger partial charge in [-0.2, -0.15) is 17.6 Å². The van der Waals surface area contributed by atoms with Crippen molar-refractivity contribution in [2.75, 3.05) is 42.8 Å².